The van der Waals surface area contributed by atoms with E-state index in [1.807, 2.05) is 26.0 Å². The molecule has 5 nitrogen and oxygen atoms in total. The summed E-state index contributed by atoms with van der Waals surface area (Å²) >= 11 is 0. The van der Waals surface area contributed by atoms with E-state index in [4.69, 9.17) is 6.57 Å². The Balaban J connectivity index is 1.71. The lowest BCUT2D eigenvalue weighted by Gasteiger charge is -2.68. The molecule has 0 spiro atoms. The number of rotatable bonds is 1. The Morgan fingerprint density at radius 1 is 1.00 bits per heavy atom. The second kappa shape index (κ2) is 7.21. The highest BCUT2D eigenvalue weighted by molar-refractivity contribution is 6.03. The molecule has 5 aliphatic carbocycles. The lowest BCUT2D eigenvalue weighted by Crippen LogP contribution is -2.65. The maximum Gasteiger partial charge on any atom is 0.309 e. The van der Waals surface area contributed by atoms with Gasteiger partial charge in [-0.2, -0.15) is 0 Å². The van der Waals surface area contributed by atoms with E-state index in [1.54, 1.807) is 0 Å². The normalized spacial score (nSPS) is 46.7. The number of hydrogen-bond acceptors (Lipinski definition) is 3. The second-order valence-electron chi connectivity index (χ2n) is 14.7. The Labute approximate surface area is 215 Å². The van der Waals surface area contributed by atoms with Crippen molar-refractivity contribution in [2.24, 2.45) is 50.2 Å². The summed E-state index contributed by atoms with van der Waals surface area (Å²) in [5, 5.41) is 10.5. The molecular weight excluding hydrogens is 450 g/mol. The van der Waals surface area contributed by atoms with Gasteiger partial charge in [-0.15, -0.1) is 0 Å². The fourth-order valence-electron chi connectivity index (χ4n) is 9.97. The zero-order chi connectivity index (χ0) is 26.7. The van der Waals surface area contributed by atoms with Crippen LogP contribution in [0.4, 0.5) is 0 Å². The van der Waals surface area contributed by atoms with Gasteiger partial charge in [0.25, 0.3) is 0 Å². The summed E-state index contributed by atoms with van der Waals surface area (Å²) in [6.07, 6.45) is 9.03. The zero-order valence-corrected chi connectivity index (χ0v) is 23.0. The highest BCUT2D eigenvalue weighted by atomic mass is 16.4. The van der Waals surface area contributed by atoms with Crippen LogP contribution in [0.1, 0.15) is 93.4 Å². The van der Waals surface area contributed by atoms with Gasteiger partial charge >= 0.3 is 5.97 Å². The van der Waals surface area contributed by atoms with Crippen LogP contribution in [-0.2, 0) is 14.4 Å². The third-order valence-corrected chi connectivity index (χ3v) is 12.3. The molecule has 36 heavy (non-hydrogen) atoms. The summed E-state index contributed by atoms with van der Waals surface area (Å²) in [6, 6.07) is 0. The number of Topliss-reactive ketones (excluding diaryl/α,β-unsaturated/α-hetero) is 1. The van der Waals surface area contributed by atoms with Gasteiger partial charge in [-0.25, -0.2) is 4.85 Å². The summed E-state index contributed by atoms with van der Waals surface area (Å²) in [7, 11) is 0. The molecule has 0 aromatic heterocycles. The molecule has 0 bridgehead atoms. The average molecular weight is 492 g/mol. The molecule has 0 aromatic carbocycles. The van der Waals surface area contributed by atoms with Crippen molar-refractivity contribution in [1.82, 2.24) is 0 Å². The van der Waals surface area contributed by atoms with Gasteiger partial charge in [0.2, 0.25) is 5.70 Å². The van der Waals surface area contributed by atoms with Gasteiger partial charge in [-0.05, 0) is 79.1 Å². The van der Waals surface area contributed by atoms with Crippen molar-refractivity contribution in [1.29, 1.82) is 0 Å². The van der Waals surface area contributed by atoms with E-state index < -0.39 is 22.2 Å². The number of carbonyl (C=O) groups excluding carboxylic acids is 2. The Bertz CT molecular complexity index is 1180. The first-order valence-electron chi connectivity index (χ1n) is 13.7. The van der Waals surface area contributed by atoms with E-state index in [0.717, 1.165) is 31.3 Å². The fraction of sp³-hybridized carbons (Fsp3) is 0.742. The van der Waals surface area contributed by atoms with Crippen molar-refractivity contribution in [2.45, 2.75) is 93.4 Å². The predicted molar refractivity (Wildman–Crippen MR) is 138 cm³/mol. The molecular formula is C31H41NO4. The topological polar surface area (TPSA) is 75.8 Å². The minimum atomic E-state index is -0.825. The molecule has 7 atom stereocenters. The van der Waals surface area contributed by atoms with Crippen molar-refractivity contribution in [2.75, 3.05) is 0 Å². The van der Waals surface area contributed by atoms with Crippen molar-refractivity contribution in [3.63, 3.8) is 0 Å². The molecule has 5 rings (SSSR count). The second-order valence-corrected chi connectivity index (χ2v) is 14.7. The van der Waals surface area contributed by atoms with Gasteiger partial charge in [0.05, 0.1) is 12.0 Å². The molecule has 5 heteroatoms. The van der Waals surface area contributed by atoms with Crippen molar-refractivity contribution in [3.05, 3.63) is 34.8 Å². The first kappa shape index (κ1) is 25.4. The molecule has 1 N–H and O–H groups in total. The Kier molecular flexibility index (Phi) is 5.09. The molecule has 0 heterocycles. The molecule has 0 aromatic rings. The summed E-state index contributed by atoms with van der Waals surface area (Å²) in [5.74, 6) is -1.24. The summed E-state index contributed by atoms with van der Waals surface area (Å²) in [6.45, 7) is 22.7. The van der Waals surface area contributed by atoms with Crippen molar-refractivity contribution < 1.29 is 19.5 Å². The molecule has 3 fully saturated rings. The van der Waals surface area contributed by atoms with Crippen LogP contribution in [-0.4, -0.2) is 22.6 Å². The van der Waals surface area contributed by atoms with E-state index >= 15 is 0 Å². The number of carboxylic acid groups (broad SMARTS) is 1. The fourth-order valence-corrected chi connectivity index (χ4v) is 9.97. The molecule has 0 aliphatic heterocycles. The molecule has 0 unspecified atom stereocenters. The number of carbonyl (C=O) groups is 3. The molecule has 5 aliphatic rings. The summed E-state index contributed by atoms with van der Waals surface area (Å²) in [5.41, 5.74) is -1.46. The largest absolute Gasteiger partial charge is 0.481 e. The van der Waals surface area contributed by atoms with E-state index in [0.29, 0.717) is 19.3 Å². The van der Waals surface area contributed by atoms with E-state index in [-0.39, 0.29) is 51.3 Å². The molecule has 3 saturated carbocycles. The average Bonchev–Trinajstić information content (AvgIpc) is 2.77. The number of nitrogens with zero attached hydrogens (tertiary/aromatic N) is 1. The SMILES string of the molecule is [C-]#[N+]C1=C[C@]2(C)C3=CC(=O)[C@@H]4[C@@H]5CC(C)(C)CC[C@]5(C(=O)O)CC[C@@]4(C)[C@]3(C)CC[C@H]2C(C)(C)C1=O. The maximum absolute atomic E-state index is 14.2. The van der Waals surface area contributed by atoms with Crippen LogP contribution in [0.5, 0.6) is 0 Å². The third-order valence-electron chi connectivity index (χ3n) is 12.3. The number of allylic oxidation sites excluding steroid dienone is 4. The lowest BCUT2D eigenvalue weighted by atomic mass is 9.34. The number of ketones is 2. The first-order valence-corrected chi connectivity index (χ1v) is 13.7. The lowest BCUT2D eigenvalue weighted by molar-refractivity contribution is -0.188. The Hall–Kier alpha value is -2.22. The standard InChI is InChI=1S/C31H41NO4/c1-26(2)11-13-31(25(35)36)14-12-30(7)23(18(31)16-26)20(33)15-22-28(5)17-19(32-8)24(34)27(3,4)21(28)9-10-29(22,30)6/h15,17-18,21,23H,9-14,16H2,1-7H3,(H,35,36)/t18-,21-,23-,28-,29+,30+,31-/m0/s1. The summed E-state index contributed by atoms with van der Waals surface area (Å²) in [4.78, 5) is 43.8. The van der Waals surface area contributed by atoms with E-state index in [1.165, 1.54) is 0 Å². The Morgan fingerprint density at radius 3 is 2.25 bits per heavy atom. The Morgan fingerprint density at radius 2 is 1.64 bits per heavy atom. The molecule has 0 saturated heterocycles. The van der Waals surface area contributed by atoms with E-state index in [9.17, 15) is 19.5 Å². The van der Waals surface area contributed by atoms with Gasteiger partial charge in [0.1, 0.15) is 0 Å². The smallest absolute Gasteiger partial charge is 0.309 e. The number of fused-ring (bicyclic) bond motifs is 7. The van der Waals surface area contributed by atoms with Gasteiger partial charge in [0, 0.05) is 16.7 Å². The predicted octanol–water partition coefficient (Wildman–Crippen LogP) is 6.64. The highest BCUT2D eigenvalue weighted by Crippen LogP contribution is 2.74. The van der Waals surface area contributed by atoms with Crippen molar-refractivity contribution in [3.8, 4) is 0 Å². The van der Waals surface area contributed by atoms with Crippen LogP contribution in [0.3, 0.4) is 0 Å². The van der Waals surface area contributed by atoms with Gasteiger partial charge < -0.3 is 9.90 Å². The minimum absolute atomic E-state index is 0.0116. The zero-order valence-electron chi connectivity index (χ0n) is 23.0. The van der Waals surface area contributed by atoms with E-state index in [2.05, 4.69) is 39.5 Å². The molecule has 0 amide bonds. The maximum atomic E-state index is 14.2. The van der Waals surface area contributed by atoms with Crippen LogP contribution >= 0.6 is 0 Å². The van der Waals surface area contributed by atoms with Gasteiger partial charge in [-0.3, -0.25) is 9.59 Å². The van der Waals surface area contributed by atoms with Crippen molar-refractivity contribution >= 4 is 17.5 Å². The van der Waals surface area contributed by atoms with Crippen LogP contribution in [0.2, 0.25) is 0 Å². The number of carboxylic acids is 1. The first-order chi connectivity index (χ1) is 16.5. The quantitative estimate of drug-likeness (QED) is 0.417. The highest BCUT2D eigenvalue weighted by Gasteiger charge is 2.70. The van der Waals surface area contributed by atoms with Gasteiger partial charge in [-0.1, -0.05) is 60.1 Å². The van der Waals surface area contributed by atoms with Crippen LogP contribution in [0.15, 0.2) is 23.4 Å². The molecule has 194 valence electrons. The number of hydrogen-bond donors (Lipinski definition) is 1. The minimum Gasteiger partial charge on any atom is -0.481 e. The third kappa shape index (κ3) is 2.85. The monoisotopic (exact) mass is 491 g/mol. The van der Waals surface area contributed by atoms with Gasteiger partial charge in [0.15, 0.2) is 11.6 Å². The summed E-state index contributed by atoms with van der Waals surface area (Å²) < 4.78 is 0. The molecule has 0 radical (unpaired) electrons. The van der Waals surface area contributed by atoms with Crippen LogP contribution < -0.4 is 0 Å². The van der Waals surface area contributed by atoms with Crippen LogP contribution in [0.25, 0.3) is 4.85 Å². The number of aliphatic carboxylic acids is 1. The van der Waals surface area contributed by atoms with Crippen LogP contribution in [0, 0.1) is 56.8 Å².